The highest BCUT2D eigenvalue weighted by atomic mass is 35.5. The molecular weight excluding hydrogens is 342 g/mol. The van der Waals surface area contributed by atoms with Crippen molar-refractivity contribution in [2.75, 3.05) is 12.0 Å². The molecule has 2 aromatic rings. The van der Waals surface area contributed by atoms with Gasteiger partial charge in [0.25, 0.3) is 5.91 Å². The number of benzene rings is 2. The molecule has 1 aliphatic heterocycles. The summed E-state index contributed by atoms with van der Waals surface area (Å²) in [5, 5.41) is 9.82. The lowest BCUT2D eigenvalue weighted by atomic mass is 9.92. The molecule has 0 saturated heterocycles. The van der Waals surface area contributed by atoms with Crippen LogP contribution in [0.5, 0.6) is 5.75 Å². The van der Waals surface area contributed by atoms with E-state index in [1.165, 1.54) is 0 Å². The summed E-state index contributed by atoms with van der Waals surface area (Å²) in [4.78, 5) is 26.0. The van der Waals surface area contributed by atoms with Crippen molar-refractivity contribution in [2.45, 2.75) is 25.3 Å². The zero-order valence-electron chi connectivity index (χ0n) is 13.9. The first kappa shape index (κ1) is 17.3. The molecule has 0 fully saturated rings. The molecule has 3 rings (SSSR count). The fourth-order valence-electron chi connectivity index (χ4n) is 3.33. The summed E-state index contributed by atoms with van der Waals surface area (Å²) in [6.07, 6.45) is -0.0499. The van der Waals surface area contributed by atoms with Crippen LogP contribution in [-0.4, -0.2) is 30.1 Å². The highest BCUT2D eigenvalue weighted by Gasteiger charge is 2.40. The summed E-state index contributed by atoms with van der Waals surface area (Å²) < 4.78 is 5.26. The van der Waals surface area contributed by atoms with Gasteiger partial charge in [-0.3, -0.25) is 9.59 Å². The number of carbonyl (C=O) groups is 2. The van der Waals surface area contributed by atoms with Crippen molar-refractivity contribution in [3.63, 3.8) is 0 Å². The Labute approximate surface area is 150 Å². The summed E-state index contributed by atoms with van der Waals surface area (Å²) in [6.45, 7) is 1.87. The SMILES string of the molecule is COc1ccc2c(c1)[C@@H](CC(=O)O)[C@H](C)N2C(=O)c1ccc(Cl)cc1. The third-order valence-electron chi connectivity index (χ3n) is 4.59. The number of anilines is 1. The molecule has 1 aliphatic rings. The van der Waals surface area contributed by atoms with Crippen molar-refractivity contribution in [1.29, 1.82) is 0 Å². The molecule has 0 spiro atoms. The van der Waals surface area contributed by atoms with Gasteiger partial charge in [0.15, 0.2) is 0 Å². The molecule has 6 heteroatoms. The minimum absolute atomic E-state index is 0.0499. The van der Waals surface area contributed by atoms with Gasteiger partial charge in [0.2, 0.25) is 0 Å². The number of hydrogen-bond donors (Lipinski definition) is 1. The normalized spacial score (nSPS) is 18.8. The van der Waals surface area contributed by atoms with Crippen LogP contribution in [0.1, 0.15) is 35.2 Å². The van der Waals surface area contributed by atoms with Crippen LogP contribution in [0.3, 0.4) is 0 Å². The van der Waals surface area contributed by atoms with E-state index in [0.717, 1.165) is 11.3 Å². The molecule has 2 atom stereocenters. The smallest absolute Gasteiger partial charge is 0.304 e. The van der Waals surface area contributed by atoms with Crippen LogP contribution in [0.2, 0.25) is 5.02 Å². The van der Waals surface area contributed by atoms with E-state index >= 15 is 0 Å². The van der Waals surface area contributed by atoms with Crippen LogP contribution in [0.15, 0.2) is 42.5 Å². The molecule has 25 heavy (non-hydrogen) atoms. The first-order valence-electron chi connectivity index (χ1n) is 7.91. The van der Waals surface area contributed by atoms with Crippen LogP contribution >= 0.6 is 11.6 Å². The third kappa shape index (κ3) is 3.20. The van der Waals surface area contributed by atoms with Crippen molar-refractivity contribution in [1.82, 2.24) is 0 Å². The first-order chi connectivity index (χ1) is 11.9. The van der Waals surface area contributed by atoms with E-state index < -0.39 is 5.97 Å². The Balaban J connectivity index is 2.04. The monoisotopic (exact) mass is 359 g/mol. The van der Waals surface area contributed by atoms with Gasteiger partial charge in [0, 0.05) is 28.2 Å². The van der Waals surface area contributed by atoms with E-state index in [4.69, 9.17) is 16.3 Å². The minimum atomic E-state index is -0.897. The van der Waals surface area contributed by atoms with Crippen LogP contribution in [0.25, 0.3) is 0 Å². The molecule has 0 aliphatic carbocycles. The zero-order chi connectivity index (χ0) is 18.1. The lowest BCUT2D eigenvalue weighted by Crippen LogP contribution is -2.37. The molecule has 0 aromatic heterocycles. The summed E-state index contributed by atoms with van der Waals surface area (Å²) in [5.74, 6) is -0.726. The molecule has 0 radical (unpaired) electrons. The average molecular weight is 360 g/mol. The van der Waals surface area contributed by atoms with Crippen molar-refractivity contribution in [2.24, 2.45) is 0 Å². The van der Waals surface area contributed by atoms with Crippen LogP contribution in [0, 0.1) is 0 Å². The van der Waals surface area contributed by atoms with Crippen molar-refractivity contribution < 1.29 is 19.4 Å². The second kappa shape index (κ2) is 6.76. The Morgan fingerprint density at radius 2 is 1.88 bits per heavy atom. The standard InChI is InChI=1S/C19H18ClNO4/c1-11-15(10-18(22)23)16-9-14(25-2)7-8-17(16)21(11)19(24)12-3-5-13(20)6-4-12/h3-9,11,15H,10H2,1-2H3,(H,22,23)/t11-,15-/m0/s1. The fourth-order valence-corrected chi connectivity index (χ4v) is 3.46. The maximum absolute atomic E-state index is 13.0. The predicted octanol–water partition coefficient (Wildman–Crippen LogP) is 3.96. The number of carboxylic acid groups (broad SMARTS) is 1. The molecule has 1 heterocycles. The predicted molar refractivity (Wildman–Crippen MR) is 95.7 cm³/mol. The number of aliphatic carboxylic acids is 1. The number of methoxy groups -OCH3 is 1. The van der Waals surface area contributed by atoms with Gasteiger partial charge in [0.1, 0.15) is 5.75 Å². The molecule has 0 saturated carbocycles. The summed E-state index contributed by atoms with van der Waals surface area (Å²) in [5.41, 5.74) is 2.05. The van der Waals surface area contributed by atoms with E-state index in [9.17, 15) is 14.7 Å². The highest BCUT2D eigenvalue weighted by molar-refractivity contribution is 6.30. The van der Waals surface area contributed by atoms with Gasteiger partial charge in [-0.1, -0.05) is 11.6 Å². The number of carboxylic acids is 1. The number of nitrogens with zero attached hydrogens (tertiary/aromatic N) is 1. The largest absolute Gasteiger partial charge is 0.497 e. The lowest BCUT2D eigenvalue weighted by Gasteiger charge is -2.25. The second-order valence-corrected chi connectivity index (χ2v) is 6.49. The number of amides is 1. The first-order valence-corrected chi connectivity index (χ1v) is 8.29. The Morgan fingerprint density at radius 3 is 2.48 bits per heavy atom. The number of hydrogen-bond acceptors (Lipinski definition) is 3. The molecule has 5 nitrogen and oxygen atoms in total. The van der Waals surface area contributed by atoms with Crippen molar-refractivity contribution >= 4 is 29.2 Å². The third-order valence-corrected chi connectivity index (χ3v) is 4.84. The molecule has 0 bridgehead atoms. The fraction of sp³-hybridized carbons (Fsp3) is 0.263. The zero-order valence-corrected chi connectivity index (χ0v) is 14.7. The highest BCUT2D eigenvalue weighted by Crippen LogP contribution is 2.45. The second-order valence-electron chi connectivity index (χ2n) is 6.05. The van der Waals surface area contributed by atoms with E-state index in [1.807, 2.05) is 13.0 Å². The van der Waals surface area contributed by atoms with Gasteiger partial charge in [-0.15, -0.1) is 0 Å². The van der Waals surface area contributed by atoms with E-state index in [0.29, 0.717) is 16.3 Å². The summed E-state index contributed by atoms with van der Waals surface area (Å²) in [7, 11) is 1.56. The van der Waals surface area contributed by atoms with E-state index in [2.05, 4.69) is 0 Å². The molecule has 130 valence electrons. The molecule has 2 aromatic carbocycles. The van der Waals surface area contributed by atoms with E-state index in [1.54, 1.807) is 48.4 Å². The van der Waals surface area contributed by atoms with Gasteiger partial charge in [-0.05, 0) is 55.0 Å². The van der Waals surface area contributed by atoms with E-state index in [-0.39, 0.29) is 24.3 Å². The van der Waals surface area contributed by atoms with Gasteiger partial charge in [-0.25, -0.2) is 0 Å². The number of fused-ring (bicyclic) bond motifs is 1. The van der Waals surface area contributed by atoms with Gasteiger partial charge in [-0.2, -0.15) is 0 Å². The number of halogens is 1. The van der Waals surface area contributed by atoms with Gasteiger partial charge in [0.05, 0.1) is 13.5 Å². The molecular formula is C19H18ClNO4. The summed E-state index contributed by atoms with van der Waals surface area (Å²) in [6, 6.07) is 11.8. The van der Waals surface area contributed by atoms with Gasteiger partial charge < -0.3 is 14.7 Å². The maximum Gasteiger partial charge on any atom is 0.304 e. The number of carbonyl (C=O) groups excluding carboxylic acids is 1. The minimum Gasteiger partial charge on any atom is -0.497 e. The summed E-state index contributed by atoms with van der Waals surface area (Å²) >= 11 is 5.90. The lowest BCUT2D eigenvalue weighted by molar-refractivity contribution is -0.137. The number of ether oxygens (including phenoxy) is 1. The van der Waals surface area contributed by atoms with Crippen LogP contribution in [0.4, 0.5) is 5.69 Å². The maximum atomic E-state index is 13.0. The Morgan fingerprint density at radius 1 is 1.20 bits per heavy atom. The van der Waals surface area contributed by atoms with Gasteiger partial charge >= 0.3 is 5.97 Å². The Hall–Kier alpha value is -2.53. The quantitative estimate of drug-likeness (QED) is 0.897. The van der Waals surface area contributed by atoms with Crippen molar-refractivity contribution in [3.8, 4) is 5.75 Å². The Bertz CT molecular complexity index is 819. The van der Waals surface area contributed by atoms with Crippen LogP contribution < -0.4 is 9.64 Å². The number of rotatable bonds is 4. The Kier molecular flexibility index (Phi) is 4.68. The molecule has 0 unspecified atom stereocenters. The topological polar surface area (TPSA) is 66.8 Å². The molecule has 1 amide bonds. The molecule has 1 N–H and O–H groups in total. The average Bonchev–Trinajstić information content (AvgIpc) is 2.86. The van der Waals surface area contributed by atoms with Crippen LogP contribution in [-0.2, 0) is 4.79 Å². The van der Waals surface area contributed by atoms with Crippen molar-refractivity contribution in [3.05, 3.63) is 58.6 Å².